The Morgan fingerprint density at radius 2 is 1.61 bits per heavy atom. The fraction of sp³-hybridized carbons (Fsp3) is 0.355. The number of benzene rings is 3. The van der Waals surface area contributed by atoms with E-state index < -0.39 is 0 Å². The zero-order valence-corrected chi connectivity index (χ0v) is 22.0. The normalized spacial score (nSPS) is 26.0. The molecule has 1 aliphatic carbocycles. The molecule has 3 aromatic rings. The SMILES string of the molecule is O=C(Nc1ccccc1Cl)N[C@@H]1CCCC[C@@H]1C(=O)N1CC[C@H]2[C@H](c3ccccc3)Nc3ccccc3[C@@H]21. The van der Waals surface area contributed by atoms with Gasteiger partial charge in [-0.15, -0.1) is 0 Å². The number of carbonyl (C=O) groups is 2. The highest BCUT2D eigenvalue weighted by Crippen LogP contribution is 2.51. The Morgan fingerprint density at radius 3 is 2.45 bits per heavy atom. The highest BCUT2D eigenvalue weighted by molar-refractivity contribution is 6.33. The summed E-state index contributed by atoms with van der Waals surface area (Å²) in [5, 5.41) is 10.2. The molecule has 2 aliphatic heterocycles. The fourth-order valence-electron chi connectivity index (χ4n) is 6.66. The molecule has 3 N–H and O–H groups in total. The number of likely N-dealkylation sites (tertiary alicyclic amines) is 1. The second-order valence-electron chi connectivity index (χ2n) is 10.6. The third kappa shape index (κ3) is 4.73. The molecule has 3 amide bonds. The van der Waals surface area contributed by atoms with E-state index in [1.807, 2.05) is 24.3 Å². The summed E-state index contributed by atoms with van der Waals surface area (Å²) in [7, 11) is 0. The van der Waals surface area contributed by atoms with E-state index in [2.05, 4.69) is 63.3 Å². The smallest absolute Gasteiger partial charge is 0.319 e. The molecule has 5 atom stereocenters. The summed E-state index contributed by atoms with van der Waals surface area (Å²) < 4.78 is 0. The number of para-hydroxylation sites is 2. The first-order valence-corrected chi connectivity index (χ1v) is 14.0. The Morgan fingerprint density at radius 1 is 0.868 bits per heavy atom. The Balaban J connectivity index is 1.24. The lowest BCUT2D eigenvalue weighted by Gasteiger charge is -2.42. The lowest BCUT2D eigenvalue weighted by atomic mass is 9.79. The van der Waals surface area contributed by atoms with Crippen molar-refractivity contribution in [2.24, 2.45) is 11.8 Å². The van der Waals surface area contributed by atoms with Gasteiger partial charge < -0.3 is 20.9 Å². The van der Waals surface area contributed by atoms with Crippen LogP contribution in [0.2, 0.25) is 5.02 Å². The summed E-state index contributed by atoms with van der Waals surface area (Å²) in [5.41, 5.74) is 4.10. The Hall–Kier alpha value is -3.51. The minimum absolute atomic E-state index is 0.0182. The number of anilines is 2. The van der Waals surface area contributed by atoms with Crippen molar-refractivity contribution in [2.45, 2.75) is 50.2 Å². The van der Waals surface area contributed by atoms with Crippen LogP contribution < -0.4 is 16.0 Å². The lowest BCUT2D eigenvalue weighted by Crippen LogP contribution is -2.51. The number of nitrogens with zero attached hydrogens (tertiary/aromatic N) is 1. The van der Waals surface area contributed by atoms with Crippen LogP contribution in [0.4, 0.5) is 16.2 Å². The van der Waals surface area contributed by atoms with Crippen LogP contribution in [0.3, 0.4) is 0 Å². The summed E-state index contributed by atoms with van der Waals surface area (Å²) in [6.45, 7) is 0.725. The van der Waals surface area contributed by atoms with Crippen LogP contribution in [-0.2, 0) is 4.79 Å². The number of halogens is 1. The van der Waals surface area contributed by atoms with Gasteiger partial charge in [0.15, 0.2) is 0 Å². The summed E-state index contributed by atoms with van der Waals surface area (Å²) >= 11 is 6.23. The Labute approximate surface area is 228 Å². The van der Waals surface area contributed by atoms with E-state index in [1.54, 1.807) is 12.1 Å². The van der Waals surface area contributed by atoms with Gasteiger partial charge in [0, 0.05) is 24.2 Å². The molecule has 0 spiro atoms. The first kappa shape index (κ1) is 24.8. The van der Waals surface area contributed by atoms with Crippen molar-refractivity contribution in [1.82, 2.24) is 10.2 Å². The van der Waals surface area contributed by atoms with Gasteiger partial charge in [-0.25, -0.2) is 4.79 Å². The summed E-state index contributed by atoms with van der Waals surface area (Å²) in [4.78, 5) is 29.2. The van der Waals surface area contributed by atoms with Gasteiger partial charge in [-0.2, -0.15) is 0 Å². The molecule has 196 valence electrons. The van der Waals surface area contributed by atoms with Gasteiger partial charge in [-0.05, 0) is 48.6 Å². The first-order valence-electron chi connectivity index (χ1n) is 13.6. The summed E-state index contributed by atoms with van der Waals surface area (Å²) in [5.74, 6) is 0.204. The second-order valence-corrected chi connectivity index (χ2v) is 11.0. The van der Waals surface area contributed by atoms with Crippen LogP contribution in [0.5, 0.6) is 0 Å². The zero-order chi connectivity index (χ0) is 26.1. The van der Waals surface area contributed by atoms with Crippen LogP contribution >= 0.6 is 11.6 Å². The van der Waals surface area contributed by atoms with Gasteiger partial charge in [0.25, 0.3) is 0 Å². The van der Waals surface area contributed by atoms with Crippen molar-refractivity contribution < 1.29 is 9.59 Å². The molecule has 0 radical (unpaired) electrons. The average molecular weight is 529 g/mol. The predicted molar refractivity (Wildman–Crippen MR) is 151 cm³/mol. The lowest BCUT2D eigenvalue weighted by molar-refractivity contribution is -0.138. The molecule has 38 heavy (non-hydrogen) atoms. The Kier molecular flexibility index (Phi) is 6.98. The van der Waals surface area contributed by atoms with Crippen molar-refractivity contribution in [3.63, 3.8) is 0 Å². The van der Waals surface area contributed by atoms with Crippen LogP contribution in [0.15, 0.2) is 78.9 Å². The molecule has 0 bridgehead atoms. The number of nitrogens with one attached hydrogen (secondary N) is 3. The molecule has 6 rings (SSSR count). The molecule has 3 aliphatic rings. The van der Waals surface area contributed by atoms with Crippen molar-refractivity contribution in [3.05, 3.63) is 95.0 Å². The van der Waals surface area contributed by atoms with Crippen molar-refractivity contribution in [2.75, 3.05) is 17.2 Å². The summed E-state index contributed by atoms with van der Waals surface area (Å²) in [6.07, 6.45) is 4.50. The van der Waals surface area contributed by atoms with E-state index in [9.17, 15) is 9.59 Å². The Bertz CT molecular complexity index is 1320. The number of rotatable bonds is 4. The van der Waals surface area contributed by atoms with E-state index in [4.69, 9.17) is 11.6 Å². The van der Waals surface area contributed by atoms with E-state index in [-0.39, 0.29) is 41.9 Å². The molecule has 7 heteroatoms. The van der Waals surface area contributed by atoms with E-state index in [1.165, 1.54) is 11.1 Å². The quantitative estimate of drug-likeness (QED) is 0.349. The fourth-order valence-corrected chi connectivity index (χ4v) is 6.85. The van der Waals surface area contributed by atoms with E-state index in [0.29, 0.717) is 10.7 Å². The van der Waals surface area contributed by atoms with Crippen molar-refractivity contribution in [3.8, 4) is 0 Å². The third-order valence-electron chi connectivity index (χ3n) is 8.43. The molecule has 1 saturated heterocycles. The molecule has 2 heterocycles. The number of hydrogen-bond donors (Lipinski definition) is 3. The molecular weight excluding hydrogens is 496 g/mol. The van der Waals surface area contributed by atoms with E-state index >= 15 is 0 Å². The van der Waals surface area contributed by atoms with E-state index in [0.717, 1.165) is 44.3 Å². The van der Waals surface area contributed by atoms with Crippen molar-refractivity contribution >= 4 is 34.9 Å². The minimum atomic E-state index is -0.321. The molecule has 1 saturated carbocycles. The standard InChI is InChI=1S/C31H33ClN4O2/c32-24-14-6-9-17-27(24)35-31(38)34-26-16-8-5-13-22(26)30(37)36-19-18-23-28(20-10-2-1-3-11-20)33-25-15-7-4-12-21(25)29(23)36/h1-4,6-7,9-12,14-15,17,22-23,26,28-29,33H,5,8,13,16,18-19H2,(H2,34,35,38)/t22-,23-,26+,28-,29-/m0/s1. The monoisotopic (exact) mass is 528 g/mol. The topological polar surface area (TPSA) is 73.5 Å². The van der Waals surface area contributed by atoms with Crippen molar-refractivity contribution in [1.29, 1.82) is 0 Å². The van der Waals surface area contributed by atoms with Gasteiger partial charge in [0.05, 0.1) is 28.7 Å². The predicted octanol–water partition coefficient (Wildman–Crippen LogP) is 6.78. The molecule has 2 fully saturated rings. The maximum atomic E-state index is 14.2. The van der Waals surface area contributed by atoms with Gasteiger partial charge in [-0.3, -0.25) is 4.79 Å². The summed E-state index contributed by atoms with van der Waals surface area (Å²) in [6, 6.07) is 25.7. The maximum Gasteiger partial charge on any atom is 0.319 e. The molecule has 0 unspecified atom stereocenters. The molecule has 3 aromatic carbocycles. The van der Waals surface area contributed by atoms with Gasteiger partial charge >= 0.3 is 6.03 Å². The van der Waals surface area contributed by atoms with Crippen LogP contribution in [0.1, 0.15) is 55.3 Å². The second kappa shape index (κ2) is 10.7. The highest BCUT2D eigenvalue weighted by Gasteiger charge is 2.48. The minimum Gasteiger partial charge on any atom is -0.378 e. The largest absolute Gasteiger partial charge is 0.378 e. The maximum absolute atomic E-state index is 14.2. The zero-order valence-electron chi connectivity index (χ0n) is 21.3. The highest BCUT2D eigenvalue weighted by atomic mass is 35.5. The van der Waals surface area contributed by atoms with Gasteiger partial charge in [0.2, 0.25) is 5.91 Å². The number of carbonyl (C=O) groups excluding carboxylic acids is 2. The molecule has 0 aromatic heterocycles. The van der Waals surface area contributed by atoms with Gasteiger partial charge in [-0.1, -0.05) is 85.1 Å². The number of urea groups is 1. The first-order chi connectivity index (χ1) is 18.6. The molecular formula is C31H33ClN4O2. The number of amides is 3. The van der Waals surface area contributed by atoms with Crippen LogP contribution in [-0.4, -0.2) is 29.4 Å². The third-order valence-corrected chi connectivity index (χ3v) is 8.76. The molecule has 6 nitrogen and oxygen atoms in total. The van der Waals surface area contributed by atoms with Crippen LogP contribution in [0, 0.1) is 11.8 Å². The number of hydrogen-bond acceptors (Lipinski definition) is 3. The van der Waals surface area contributed by atoms with Gasteiger partial charge in [0.1, 0.15) is 0 Å². The average Bonchev–Trinajstić information content (AvgIpc) is 3.40. The number of fused-ring (bicyclic) bond motifs is 3. The van der Waals surface area contributed by atoms with Crippen LogP contribution in [0.25, 0.3) is 0 Å².